The van der Waals surface area contributed by atoms with Crippen molar-refractivity contribution in [2.24, 2.45) is 0 Å². The van der Waals surface area contributed by atoms with Gasteiger partial charge in [-0.1, -0.05) is 23.7 Å². The number of carbonyl (C=O) groups is 1. The van der Waals surface area contributed by atoms with E-state index in [4.69, 9.17) is 22.1 Å². The van der Waals surface area contributed by atoms with Crippen LogP contribution in [0.2, 0.25) is 5.02 Å². The molecule has 21 heavy (non-hydrogen) atoms. The number of rotatable bonds is 4. The lowest BCUT2D eigenvalue weighted by Gasteiger charge is -2.18. The second-order valence-corrected chi connectivity index (χ2v) is 5.16. The zero-order chi connectivity index (χ0) is 15.4. The summed E-state index contributed by atoms with van der Waals surface area (Å²) >= 11 is 6.07. The van der Waals surface area contributed by atoms with Crippen molar-refractivity contribution in [3.05, 3.63) is 58.6 Å². The van der Waals surface area contributed by atoms with Crippen molar-refractivity contribution in [1.29, 1.82) is 0 Å². The first-order chi connectivity index (χ1) is 10.0. The van der Waals surface area contributed by atoms with Gasteiger partial charge in [-0.2, -0.15) is 0 Å². The van der Waals surface area contributed by atoms with Crippen LogP contribution in [0.1, 0.15) is 15.9 Å². The molecule has 0 saturated carbocycles. The number of benzene rings is 2. The average Bonchev–Trinajstić information content (AvgIpc) is 2.46. The molecule has 0 fully saturated rings. The van der Waals surface area contributed by atoms with Crippen molar-refractivity contribution in [2.45, 2.75) is 6.54 Å². The van der Waals surface area contributed by atoms with Gasteiger partial charge in [0, 0.05) is 19.3 Å². The molecule has 2 aromatic rings. The summed E-state index contributed by atoms with van der Waals surface area (Å²) in [6.45, 7) is 0.469. The van der Waals surface area contributed by atoms with Crippen molar-refractivity contribution in [3.63, 3.8) is 0 Å². The predicted octanol–water partition coefficient (Wildman–Crippen LogP) is 3.20. The van der Waals surface area contributed by atoms with Gasteiger partial charge in [-0.15, -0.1) is 0 Å². The Hall–Kier alpha value is -2.20. The highest BCUT2D eigenvalue weighted by atomic mass is 35.5. The number of methoxy groups -OCH3 is 1. The Balaban J connectivity index is 2.15. The monoisotopic (exact) mass is 304 g/mol. The summed E-state index contributed by atoms with van der Waals surface area (Å²) < 4.78 is 5.18. The molecule has 110 valence electrons. The molecule has 0 atom stereocenters. The number of nitrogens with zero attached hydrogens (tertiary/aromatic N) is 1. The van der Waals surface area contributed by atoms with Crippen LogP contribution in [-0.2, 0) is 6.54 Å². The summed E-state index contributed by atoms with van der Waals surface area (Å²) in [5.41, 5.74) is 7.59. The molecule has 0 radical (unpaired) electrons. The number of nitrogen functional groups attached to an aromatic ring is 1. The number of hydrogen-bond acceptors (Lipinski definition) is 3. The third kappa shape index (κ3) is 3.67. The van der Waals surface area contributed by atoms with Gasteiger partial charge in [-0.3, -0.25) is 4.79 Å². The number of amides is 1. The molecule has 1 amide bonds. The van der Waals surface area contributed by atoms with Crippen LogP contribution < -0.4 is 10.5 Å². The Morgan fingerprint density at radius 1 is 1.29 bits per heavy atom. The van der Waals surface area contributed by atoms with E-state index in [1.807, 2.05) is 24.3 Å². The molecule has 0 aliphatic heterocycles. The van der Waals surface area contributed by atoms with E-state index in [1.54, 1.807) is 37.3 Å². The van der Waals surface area contributed by atoms with E-state index in [0.717, 1.165) is 11.3 Å². The first kappa shape index (κ1) is 15.2. The molecule has 0 aliphatic carbocycles. The smallest absolute Gasteiger partial charge is 0.255 e. The molecular formula is C16H17ClN2O2. The maximum atomic E-state index is 12.4. The summed E-state index contributed by atoms with van der Waals surface area (Å²) in [5, 5.41) is 0.359. The van der Waals surface area contributed by atoms with Gasteiger partial charge in [-0.25, -0.2) is 0 Å². The van der Waals surface area contributed by atoms with Crippen LogP contribution in [0.3, 0.4) is 0 Å². The van der Waals surface area contributed by atoms with Gasteiger partial charge < -0.3 is 15.4 Å². The molecule has 2 N–H and O–H groups in total. The van der Waals surface area contributed by atoms with Crippen molar-refractivity contribution in [1.82, 2.24) is 4.90 Å². The average molecular weight is 305 g/mol. The van der Waals surface area contributed by atoms with Crippen molar-refractivity contribution in [3.8, 4) is 5.75 Å². The lowest BCUT2D eigenvalue weighted by molar-refractivity contribution is 0.0785. The Morgan fingerprint density at radius 3 is 2.71 bits per heavy atom. The van der Waals surface area contributed by atoms with Gasteiger partial charge in [0.2, 0.25) is 0 Å². The first-order valence-electron chi connectivity index (χ1n) is 6.44. The summed E-state index contributed by atoms with van der Waals surface area (Å²) in [6.07, 6.45) is 0. The van der Waals surface area contributed by atoms with Crippen LogP contribution in [0.5, 0.6) is 5.75 Å². The third-order valence-corrected chi connectivity index (χ3v) is 3.44. The van der Waals surface area contributed by atoms with Crippen LogP contribution in [0, 0.1) is 0 Å². The fourth-order valence-electron chi connectivity index (χ4n) is 2.03. The zero-order valence-corrected chi connectivity index (χ0v) is 12.7. The van der Waals surface area contributed by atoms with Crippen molar-refractivity contribution >= 4 is 23.2 Å². The van der Waals surface area contributed by atoms with Crippen LogP contribution in [-0.4, -0.2) is 25.0 Å². The van der Waals surface area contributed by atoms with Crippen LogP contribution in [0.25, 0.3) is 0 Å². The summed E-state index contributed by atoms with van der Waals surface area (Å²) in [4.78, 5) is 14.0. The van der Waals surface area contributed by atoms with Gasteiger partial charge in [0.25, 0.3) is 5.91 Å². The molecule has 0 unspecified atom stereocenters. The molecule has 0 spiro atoms. The molecule has 0 saturated heterocycles. The minimum Gasteiger partial charge on any atom is -0.497 e. The normalized spacial score (nSPS) is 10.2. The van der Waals surface area contributed by atoms with E-state index in [2.05, 4.69) is 0 Å². The largest absolute Gasteiger partial charge is 0.497 e. The van der Waals surface area contributed by atoms with Crippen molar-refractivity contribution in [2.75, 3.05) is 19.9 Å². The zero-order valence-electron chi connectivity index (χ0n) is 12.0. The van der Waals surface area contributed by atoms with Gasteiger partial charge >= 0.3 is 0 Å². The summed E-state index contributed by atoms with van der Waals surface area (Å²) in [5.74, 6) is 0.613. The molecule has 0 heterocycles. The minimum atomic E-state index is -0.150. The Kier molecular flexibility index (Phi) is 4.70. The van der Waals surface area contributed by atoms with E-state index in [0.29, 0.717) is 22.8 Å². The number of nitrogens with two attached hydrogens (primary N) is 1. The minimum absolute atomic E-state index is 0.150. The second-order valence-electron chi connectivity index (χ2n) is 4.75. The predicted molar refractivity (Wildman–Crippen MR) is 84.7 cm³/mol. The molecule has 4 nitrogen and oxygen atoms in total. The quantitative estimate of drug-likeness (QED) is 0.883. The fourth-order valence-corrected chi connectivity index (χ4v) is 2.30. The summed E-state index contributed by atoms with van der Waals surface area (Å²) in [7, 11) is 3.34. The second kappa shape index (κ2) is 6.50. The molecule has 2 rings (SSSR count). The highest BCUT2D eigenvalue weighted by Gasteiger charge is 2.15. The standard InChI is InChI=1S/C16H17ClN2O2/c1-19(10-11-4-3-5-13(8-11)21-2)16(20)14-7-6-12(18)9-15(14)17/h3-9H,10,18H2,1-2H3. The van der Waals surface area contributed by atoms with E-state index in [-0.39, 0.29) is 5.91 Å². The highest BCUT2D eigenvalue weighted by Crippen LogP contribution is 2.21. The number of hydrogen-bond donors (Lipinski definition) is 1. The molecule has 0 bridgehead atoms. The van der Waals surface area contributed by atoms with Gasteiger partial charge in [0.1, 0.15) is 5.75 Å². The maximum Gasteiger partial charge on any atom is 0.255 e. The fraction of sp³-hybridized carbons (Fsp3) is 0.188. The number of anilines is 1. The van der Waals surface area contributed by atoms with Gasteiger partial charge in [0.05, 0.1) is 17.7 Å². The Morgan fingerprint density at radius 2 is 2.05 bits per heavy atom. The Bertz CT molecular complexity index is 658. The van der Waals surface area contributed by atoms with Crippen LogP contribution in [0.15, 0.2) is 42.5 Å². The first-order valence-corrected chi connectivity index (χ1v) is 6.82. The molecular weight excluding hydrogens is 288 g/mol. The van der Waals surface area contributed by atoms with Crippen molar-refractivity contribution < 1.29 is 9.53 Å². The maximum absolute atomic E-state index is 12.4. The van der Waals surface area contributed by atoms with Gasteiger partial charge in [0.15, 0.2) is 0 Å². The van der Waals surface area contributed by atoms with Crippen LogP contribution in [0.4, 0.5) is 5.69 Å². The van der Waals surface area contributed by atoms with Crippen LogP contribution >= 0.6 is 11.6 Å². The van der Waals surface area contributed by atoms with E-state index in [1.165, 1.54) is 0 Å². The lowest BCUT2D eigenvalue weighted by atomic mass is 10.1. The summed E-state index contributed by atoms with van der Waals surface area (Å²) in [6, 6.07) is 12.5. The molecule has 0 aromatic heterocycles. The highest BCUT2D eigenvalue weighted by molar-refractivity contribution is 6.34. The van der Waals surface area contributed by atoms with E-state index >= 15 is 0 Å². The third-order valence-electron chi connectivity index (χ3n) is 3.12. The SMILES string of the molecule is COc1cccc(CN(C)C(=O)c2ccc(N)cc2Cl)c1. The molecule has 0 aliphatic rings. The number of halogens is 1. The molecule has 5 heteroatoms. The lowest BCUT2D eigenvalue weighted by Crippen LogP contribution is -2.26. The topological polar surface area (TPSA) is 55.6 Å². The Labute approximate surface area is 129 Å². The van der Waals surface area contributed by atoms with E-state index < -0.39 is 0 Å². The number of ether oxygens (including phenoxy) is 1. The molecule has 2 aromatic carbocycles. The van der Waals surface area contributed by atoms with Gasteiger partial charge in [-0.05, 0) is 35.9 Å². The van der Waals surface area contributed by atoms with E-state index in [9.17, 15) is 4.79 Å². The number of carbonyl (C=O) groups excluding carboxylic acids is 1.